The number of aryl methyl sites for hydroxylation is 3. The van der Waals surface area contributed by atoms with Gasteiger partial charge in [-0.05, 0) is 45.4 Å². The first-order chi connectivity index (χ1) is 13.0. The van der Waals surface area contributed by atoms with Crippen LogP contribution in [0.3, 0.4) is 0 Å². The van der Waals surface area contributed by atoms with Crippen molar-refractivity contribution in [2.75, 3.05) is 17.2 Å². The van der Waals surface area contributed by atoms with Gasteiger partial charge >= 0.3 is 0 Å². The van der Waals surface area contributed by atoms with Crippen molar-refractivity contribution in [2.45, 2.75) is 33.6 Å². The summed E-state index contributed by atoms with van der Waals surface area (Å²) in [5.41, 5.74) is 4.67. The molecule has 27 heavy (non-hydrogen) atoms. The number of benzene rings is 1. The molecule has 0 radical (unpaired) electrons. The predicted octanol–water partition coefficient (Wildman–Crippen LogP) is 4.36. The highest BCUT2D eigenvalue weighted by molar-refractivity contribution is 7.09. The first-order valence-electron chi connectivity index (χ1n) is 8.88. The molecule has 1 aromatic carbocycles. The zero-order valence-corrected chi connectivity index (χ0v) is 16.6. The second kappa shape index (κ2) is 8.73. The average molecular weight is 382 g/mol. The second-order valence-corrected chi connectivity index (χ2v) is 7.44. The first kappa shape index (κ1) is 19.0. The number of rotatable bonds is 7. The first-order valence-corrected chi connectivity index (χ1v) is 9.76. The van der Waals surface area contributed by atoms with Gasteiger partial charge in [0.2, 0.25) is 11.9 Å². The highest BCUT2D eigenvalue weighted by atomic mass is 32.1. The van der Waals surface area contributed by atoms with Gasteiger partial charge in [-0.3, -0.25) is 4.79 Å². The topological polar surface area (TPSA) is 79.8 Å². The Morgan fingerprint density at radius 2 is 1.74 bits per heavy atom. The summed E-state index contributed by atoms with van der Waals surface area (Å²) in [6.07, 6.45) is 1.14. The van der Waals surface area contributed by atoms with Crippen molar-refractivity contribution in [1.82, 2.24) is 15.0 Å². The summed E-state index contributed by atoms with van der Waals surface area (Å²) in [4.78, 5) is 25.2. The summed E-state index contributed by atoms with van der Waals surface area (Å²) in [5, 5.41) is 9.17. The summed E-state index contributed by atoms with van der Waals surface area (Å²) in [6.45, 7) is 6.52. The zero-order chi connectivity index (χ0) is 19.2. The molecule has 140 valence electrons. The van der Waals surface area contributed by atoms with Crippen molar-refractivity contribution >= 4 is 28.9 Å². The molecule has 1 amide bonds. The van der Waals surface area contributed by atoms with E-state index in [9.17, 15) is 4.79 Å². The van der Waals surface area contributed by atoms with Gasteiger partial charge in [-0.1, -0.05) is 12.1 Å². The van der Waals surface area contributed by atoms with E-state index in [1.54, 1.807) is 11.3 Å². The third kappa shape index (κ3) is 5.59. The number of thiazole rings is 1. The minimum Gasteiger partial charge on any atom is -0.354 e. The number of aromatic nitrogens is 3. The van der Waals surface area contributed by atoms with Crippen LogP contribution in [0.4, 0.5) is 11.6 Å². The molecule has 0 unspecified atom stereocenters. The molecular weight excluding hydrogens is 358 g/mol. The van der Waals surface area contributed by atoms with E-state index in [1.807, 2.05) is 56.5 Å². The highest BCUT2D eigenvalue weighted by Gasteiger charge is 2.05. The van der Waals surface area contributed by atoms with E-state index in [0.29, 0.717) is 25.3 Å². The van der Waals surface area contributed by atoms with Crippen LogP contribution < -0.4 is 10.6 Å². The second-order valence-electron chi connectivity index (χ2n) is 6.38. The molecule has 7 heteroatoms. The number of carbonyl (C=O) groups is 1. The van der Waals surface area contributed by atoms with Gasteiger partial charge in [0.1, 0.15) is 0 Å². The predicted molar refractivity (Wildman–Crippen MR) is 110 cm³/mol. The summed E-state index contributed by atoms with van der Waals surface area (Å²) in [7, 11) is 0. The van der Waals surface area contributed by atoms with Gasteiger partial charge in [-0.15, -0.1) is 11.3 Å². The van der Waals surface area contributed by atoms with E-state index in [0.717, 1.165) is 33.3 Å². The van der Waals surface area contributed by atoms with Crippen molar-refractivity contribution in [3.63, 3.8) is 0 Å². The molecule has 3 rings (SSSR count). The Balaban J connectivity index is 1.44. The van der Waals surface area contributed by atoms with Gasteiger partial charge in [0.25, 0.3) is 0 Å². The minimum absolute atomic E-state index is 0.00426. The molecule has 0 atom stereocenters. The Hall–Kier alpha value is -2.80. The number of anilines is 2. The molecule has 0 aliphatic rings. The van der Waals surface area contributed by atoms with E-state index in [2.05, 4.69) is 25.6 Å². The zero-order valence-electron chi connectivity index (χ0n) is 15.7. The van der Waals surface area contributed by atoms with Crippen LogP contribution in [0.5, 0.6) is 0 Å². The third-order valence-corrected chi connectivity index (χ3v) is 4.70. The maximum atomic E-state index is 12.1. The lowest BCUT2D eigenvalue weighted by molar-refractivity contribution is -0.116. The molecular formula is C20H23N5OS. The van der Waals surface area contributed by atoms with Crippen LogP contribution in [0.1, 0.15) is 29.2 Å². The maximum Gasteiger partial charge on any atom is 0.224 e. The molecule has 0 fully saturated rings. The quantitative estimate of drug-likeness (QED) is 0.595. The number of amides is 1. The molecule has 0 saturated heterocycles. The fourth-order valence-electron chi connectivity index (χ4n) is 2.70. The fourth-order valence-corrected chi connectivity index (χ4v) is 3.32. The largest absolute Gasteiger partial charge is 0.354 e. The van der Waals surface area contributed by atoms with Crippen molar-refractivity contribution in [2.24, 2.45) is 0 Å². The number of nitrogens with zero attached hydrogens (tertiary/aromatic N) is 3. The monoisotopic (exact) mass is 381 g/mol. The molecule has 6 nitrogen and oxygen atoms in total. The van der Waals surface area contributed by atoms with E-state index in [1.165, 1.54) is 0 Å². The van der Waals surface area contributed by atoms with Crippen LogP contribution in [0.2, 0.25) is 0 Å². The lowest BCUT2D eigenvalue weighted by atomic mass is 10.1. The van der Waals surface area contributed by atoms with Gasteiger partial charge in [-0.25, -0.2) is 15.0 Å². The van der Waals surface area contributed by atoms with Gasteiger partial charge in [0.05, 0.1) is 10.7 Å². The van der Waals surface area contributed by atoms with Gasteiger partial charge in [0, 0.05) is 41.0 Å². The van der Waals surface area contributed by atoms with E-state index in [4.69, 9.17) is 0 Å². The van der Waals surface area contributed by atoms with Gasteiger partial charge < -0.3 is 10.6 Å². The molecule has 2 N–H and O–H groups in total. The van der Waals surface area contributed by atoms with Crippen molar-refractivity contribution in [3.8, 4) is 11.3 Å². The standard InChI is InChI=1S/C20H23N5OS/c1-13-11-14(2)23-20(22-13)21-10-4-5-19(26)25-17-8-6-16(7-9-17)18-12-27-15(3)24-18/h6-9,11-12H,4-5,10H2,1-3H3,(H,25,26)(H,21,22,23). The van der Waals surface area contributed by atoms with Crippen LogP contribution >= 0.6 is 11.3 Å². The summed E-state index contributed by atoms with van der Waals surface area (Å²) in [5.74, 6) is 0.608. The van der Waals surface area contributed by atoms with Crippen LogP contribution in [0.15, 0.2) is 35.7 Å². The Labute approximate surface area is 163 Å². The van der Waals surface area contributed by atoms with Crippen molar-refractivity contribution in [1.29, 1.82) is 0 Å². The number of hydrogen-bond donors (Lipinski definition) is 2. The van der Waals surface area contributed by atoms with Crippen molar-refractivity contribution < 1.29 is 4.79 Å². The maximum absolute atomic E-state index is 12.1. The molecule has 0 spiro atoms. The summed E-state index contributed by atoms with van der Waals surface area (Å²) in [6, 6.07) is 9.69. The molecule has 0 saturated carbocycles. The Morgan fingerprint density at radius 3 is 2.37 bits per heavy atom. The van der Waals surface area contributed by atoms with E-state index >= 15 is 0 Å². The molecule has 0 aliphatic carbocycles. The fraction of sp³-hybridized carbons (Fsp3) is 0.300. The summed E-state index contributed by atoms with van der Waals surface area (Å²) >= 11 is 1.63. The van der Waals surface area contributed by atoms with Crippen molar-refractivity contribution in [3.05, 3.63) is 52.1 Å². The highest BCUT2D eigenvalue weighted by Crippen LogP contribution is 2.23. The molecule has 2 heterocycles. The van der Waals surface area contributed by atoms with E-state index < -0.39 is 0 Å². The lowest BCUT2D eigenvalue weighted by Crippen LogP contribution is -2.14. The number of carbonyl (C=O) groups excluding carboxylic acids is 1. The Bertz CT molecular complexity index is 900. The summed E-state index contributed by atoms with van der Waals surface area (Å²) < 4.78 is 0. The van der Waals surface area contributed by atoms with Crippen LogP contribution in [-0.2, 0) is 4.79 Å². The minimum atomic E-state index is -0.00426. The molecule has 2 aromatic heterocycles. The SMILES string of the molecule is Cc1cc(C)nc(NCCCC(=O)Nc2ccc(-c3csc(C)n3)cc2)n1. The Kier molecular flexibility index (Phi) is 6.13. The molecule has 3 aromatic rings. The molecule has 0 bridgehead atoms. The van der Waals surface area contributed by atoms with Crippen LogP contribution in [0.25, 0.3) is 11.3 Å². The third-order valence-electron chi connectivity index (χ3n) is 3.93. The van der Waals surface area contributed by atoms with E-state index in [-0.39, 0.29) is 5.91 Å². The lowest BCUT2D eigenvalue weighted by Gasteiger charge is -2.08. The van der Waals surface area contributed by atoms with Gasteiger partial charge in [0.15, 0.2) is 0 Å². The van der Waals surface area contributed by atoms with Crippen LogP contribution in [-0.4, -0.2) is 27.4 Å². The smallest absolute Gasteiger partial charge is 0.224 e. The Morgan fingerprint density at radius 1 is 1.04 bits per heavy atom. The normalized spacial score (nSPS) is 10.6. The number of hydrogen-bond acceptors (Lipinski definition) is 6. The average Bonchev–Trinajstić information content (AvgIpc) is 3.05. The van der Waals surface area contributed by atoms with Gasteiger partial charge in [-0.2, -0.15) is 0 Å². The number of nitrogens with one attached hydrogen (secondary N) is 2. The van der Waals surface area contributed by atoms with Crippen LogP contribution in [0, 0.1) is 20.8 Å². The molecule has 0 aliphatic heterocycles.